The Bertz CT molecular complexity index is 1300. The van der Waals surface area contributed by atoms with E-state index in [4.69, 9.17) is 10.7 Å². The number of fused-ring (bicyclic) bond motifs is 1. The number of thiazole rings is 1. The average molecular weight is 465 g/mol. The Morgan fingerprint density at radius 1 is 1.24 bits per heavy atom. The first kappa shape index (κ1) is 21.3. The van der Waals surface area contributed by atoms with Gasteiger partial charge in [-0.25, -0.2) is 9.97 Å². The lowest BCUT2D eigenvalue weighted by molar-refractivity contribution is -0.142. The van der Waals surface area contributed by atoms with Gasteiger partial charge in [0.25, 0.3) is 0 Å². The van der Waals surface area contributed by atoms with Gasteiger partial charge in [-0.1, -0.05) is 6.08 Å². The number of Topliss-reactive ketones (excluding diaryl/α,β-unsaturated/α-hetero) is 1. The molecule has 170 valence electrons. The molecule has 4 N–H and O–H groups in total. The summed E-state index contributed by atoms with van der Waals surface area (Å²) in [6, 6.07) is 0. The lowest BCUT2D eigenvalue weighted by atomic mass is 9.79. The van der Waals surface area contributed by atoms with Crippen molar-refractivity contribution in [3.05, 3.63) is 51.8 Å². The van der Waals surface area contributed by atoms with Crippen LogP contribution in [-0.2, 0) is 4.79 Å². The largest absolute Gasteiger partial charge is 0.481 e. The molecule has 3 aromatic heterocycles. The van der Waals surface area contributed by atoms with E-state index in [2.05, 4.69) is 15.4 Å². The second-order valence-corrected chi connectivity index (χ2v) is 9.35. The molecular weight excluding hydrogens is 440 g/mol. The second-order valence-electron chi connectivity index (χ2n) is 8.46. The average Bonchev–Trinajstić information content (AvgIpc) is 3.49. The van der Waals surface area contributed by atoms with Gasteiger partial charge in [-0.2, -0.15) is 9.61 Å². The lowest BCUT2D eigenvalue weighted by Gasteiger charge is -2.27. The number of aromatic nitrogens is 4. The van der Waals surface area contributed by atoms with Gasteiger partial charge in [-0.3, -0.25) is 9.59 Å². The predicted molar refractivity (Wildman–Crippen MR) is 126 cm³/mol. The van der Waals surface area contributed by atoms with Gasteiger partial charge < -0.3 is 16.2 Å². The molecule has 0 radical (unpaired) electrons. The Kier molecular flexibility index (Phi) is 5.45. The first-order chi connectivity index (χ1) is 15.9. The van der Waals surface area contributed by atoms with E-state index >= 15 is 0 Å². The molecule has 5 rings (SSSR count). The predicted octanol–water partition coefficient (Wildman–Crippen LogP) is 3.36. The summed E-state index contributed by atoms with van der Waals surface area (Å²) in [4.78, 5) is 33.1. The van der Waals surface area contributed by atoms with E-state index in [1.807, 2.05) is 17.5 Å². The number of allylic oxidation sites excluding steroid dienone is 2. The molecule has 0 bridgehead atoms. The molecule has 4 heterocycles. The van der Waals surface area contributed by atoms with Gasteiger partial charge in [0.2, 0.25) is 0 Å². The molecule has 9 nitrogen and oxygen atoms in total. The first-order valence-corrected chi connectivity index (χ1v) is 11.8. The van der Waals surface area contributed by atoms with Gasteiger partial charge in [0.1, 0.15) is 10.8 Å². The van der Waals surface area contributed by atoms with Crippen molar-refractivity contribution in [1.29, 1.82) is 0 Å². The zero-order chi connectivity index (χ0) is 23.1. The number of carbonyl (C=O) groups is 2. The van der Waals surface area contributed by atoms with Crippen LogP contribution < -0.4 is 11.1 Å². The molecule has 3 aromatic rings. The van der Waals surface area contributed by atoms with Crippen LogP contribution in [0.15, 0.2) is 29.9 Å². The maximum atomic E-state index is 12.5. The molecule has 1 aliphatic heterocycles. The molecule has 0 amide bonds. The minimum absolute atomic E-state index is 0.00980. The highest BCUT2D eigenvalue weighted by atomic mass is 32.1. The molecule has 33 heavy (non-hydrogen) atoms. The summed E-state index contributed by atoms with van der Waals surface area (Å²) in [5, 5.41) is 20.0. The van der Waals surface area contributed by atoms with Crippen molar-refractivity contribution in [2.24, 2.45) is 5.92 Å². The number of hydrogen-bond acceptors (Lipinski definition) is 8. The number of rotatable bonds is 5. The number of nitrogens with zero attached hydrogens (tertiary/aromatic N) is 4. The number of anilines is 1. The Morgan fingerprint density at radius 3 is 2.64 bits per heavy atom. The molecule has 0 spiro atoms. The van der Waals surface area contributed by atoms with Crippen LogP contribution in [0.5, 0.6) is 0 Å². The molecule has 0 saturated heterocycles. The number of carboxylic acids is 1. The Balaban J connectivity index is 1.55. The minimum atomic E-state index is -0.761. The molecule has 1 saturated carbocycles. The van der Waals surface area contributed by atoms with E-state index in [0.29, 0.717) is 49.1 Å². The first-order valence-electron chi connectivity index (χ1n) is 10.9. The van der Waals surface area contributed by atoms with Gasteiger partial charge in [0.15, 0.2) is 11.4 Å². The number of ketones is 1. The maximum Gasteiger partial charge on any atom is 0.306 e. The Labute approximate surface area is 194 Å². The number of carbonyl (C=O) groups excluding carboxylic acids is 1. The molecule has 0 unspecified atom stereocenters. The monoisotopic (exact) mass is 464 g/mol. The quantitative estimate of drug-likeness (QED) is 0.489. The third-order valence-corrected chi connectivity index (χ3v) is 7.26. The molecule has 10 heteroatoms. The Hall–Kier alpha value is -3.53. The van der Waals surface area contributed by atoms with Gasteiger partial charge >= 0.3 is 5.97 Å². The molecule has 1 fully saturated rings. The topological polar surface area (TPSA) is 136 Å². The fourth-order valence-corrected chi connectivity index (χ4v) is 5.35. The van der Waals surface area contributed by atoms with Crippen molar-refractivity contribution < 1.29 is 14.7 Å². The SMILES string of the molecule is CC(=O)c1c(N)n2ncc(C3=CC=C(c4nccs4)NC3)c2nc1[C@H]1CC[C@H](C(=O)O)CC1. The van der Waals surface area contributed by atoms with E-state index in [0.717, 1.165) is 21.8 Å². The molecule has 0 aromatic carbocycles. The highest BCUT2D eigenvalue weighted by Crippen LogP contribution is 2.39. The van der Waals surface area contributed by atoms with Crippen molar-refractivity contribution in [3.63, 3.8) is 0 Å². The molecule has 0 atom stereocenters. The number of aliphatic carboxylic acids is 1. The van der Waals surface area contributed by atoms with Gasteiger partial charge in [0.05, 0.1) is 29.1 Å². The minimum Gasteiger partial charge on any atom is -0.481 e. The summed E-state index contributed by atoms with van der Waals surface area (Å²) >= 11 is 1.57. The number of nitrogens with one attached hydrogen (secondary N) is 1. The number of dihydropyridines is 1. The van der Waals surface area contributed by atoms with Crippen LogP contribution in [0, 0.1) is 5.92 Å². The maximum absolute atomic E-state index is 12.5. The fourth-order valence-electron chi connectivity index (χ4n) is 4.71. The summed E-state index contributed by atoms with van der Waals surface area (Å²) in [6.45, 7) is 2.07. The number of nitrogen functional groups attached to an aromatic ring is 1. The number of carboxylic acid groups (broad SMARTS) is 1. The van der Waals surface area contributed by atoms with Crippen LogP contribution >= 0.6 is 11.3 Å². The van der Waals surface area contributed by atoms with E-state index in [-0.39, 0.29) is 23.4 Å². The van der Waals surface area contributed by atoms with Crippen LogP contribution in [-0.4, -0.2) is 43.0 Å². The van der Waals surface area contributed by atoms with Crippen molar-refractivity contribution in [2.45, 2.75) is 38.5 Å². The van der Waals surface area contributed by atoms with Crippen LogP contribution in [0.25, 0.3) is 16.9 Å². The Morgan fingerprint density at radius 2 is 2.03 bits per heavy atom. The normalized spacial score (nSPS) is 20.8. The van der Waals surface area contributed by atoms with Crippen molar-refractivity contribution >= 4 is 45.8 Å². The third kappa shape index (κ3) is 3.80. The number of hydrogen-bond donors (Lipinski definition) is 3. The second kappa shape index (κ2) is 8.43. The standard InChI is InChI=1S/C23H24N6O3S/c1-12(30)18-19(13-2-4-14(5-3-13)23(31)32)28-21-16(11-27-29(21)20(18)24)15-6-7-17(26-10-15)22-25-8-9-33-22/h6-9,11,13-14,26H,2-5,10,24H2,1H3,(H,31,32)/t13-,14-. The molecular formula is C23H24N6O3S. The van der Waals surface area contributed by atoms with Crippen LogP contribution in [0.1, 0.15) is 65.1 Å². The van der Waals surface area contributed by atoms with Gasteiger partial charge in [-0.05, 0) is 44.3 Å². The van der Waals surface area contributed by atoms with E-state index in [1.165, 1.54) is 11.4 Å². The summed E-state index contributed by atoms with van der Waals surface area (Å²) in [6.07, 6.45) is 9.97. The zero-order valence-corrected chi connectivity index (χ0v) is 18.9. The van der Waals surface area contributed by atoms with Gasteiger partial charge in [-0.15, -0.1) is 11.3 Å². The summed E-state index contributed by atoms with van der Waals surface area (Å²) in [7, 11) is 0. The number of nitrogens with two attached hydrogens (primary N) is 1. The molecule has 1 aliphatic carbocycles. The van der Waals surface area contributed by atoms with Crippen LogP contribution in [0.3, 0.4) is 0 Å². The smallest absolute Gasteiger partial charge is 0.306 e. The highest BCUT2D eigenvalue weighted by Gasteiger charge is 2.31. The highest BCUT2D eigenvalue weighted by molar-refractivity contribution is 7.10. The van der Waals surface area contributed by atoms with Crippen molar-refractivity contribution in [3.8, 4) is 0 Å². The van der Waals surface area contributed by atoms with E-state index in [1.54, 1.807) is 23.7 Å². The van der Waals surface area contributed by atoms with E-state index < -0.39 is 5.97 Å². The van der Waals surface area contributed by atoms with E-state index in [9.17, 15) is 14.7 Å². The van der Waals surface area contributed by atoms with Crippen LogP contribution in [0.2, 0.25) is 0 Å². The third-order valence-electron chi connectivity index (χ3n) is 6.45. The summed E-state index contributed by atoms with van der Waals surface area (Å²) < 4.78 is 1.53. The van der Waals surface area contributed by atoms with Crippen molar-refractivity contribution in [2.75, 3.05) is 12.3 Å². The fraction of sp³-hybridized carbons (Fsp3) is 0.348. The summed E-state index contributed by atoms with van der Waals surface area (Å²) in [5.41, 5.74) is 10.9. The van der Waals surface area contributed by atoms with Gasteiger partial charge in [0, 0.05) is 29.6 Å². The lowest BCUT2D eigenvalue weighted by Crippen LogP contribution is -2.23. The molecule has 2 aliphatic rings. The summed E-state index contributed by atoms with van der Waals surface area (Å²) in [5.74, 6) is -1.00. The van der Waals surface area contributed by atoms with Crippen molar-refractivity contribution in [1.82, 2.24) is 24.9 Å². The zero-order valence-electron chi connectivity index (χ0n) is 18.1. The van der Waals surface area contributed by atoms with Crippen LogP contribution in [0.4, 0.5) is 5.82 Å².